The van der Waals surface area contributed by atoms with Crippen LogP contribution in [0.15, 0.2) is 22.7 Å². The molecule has 1 aliphatic rings. The van der Waals surface area contributed by atoms with Crippen LogP contribution in [0.25, 0.3) is 0 Å². The molecular formula is C16H25BrN2. The molecule has 106 valence electrons. The zero-order valence-corrected chi connectivity index (χ0v) is 13.8. The zero-order chi connectivity index (χ0) is 13.8. The molecule has 1 fully saturated rings. The van der Waals surface area contributed by atoms with Gasteiger partial charge in [-0.3, -0.25) is 0 Å². The van der Waals surface area contributed by atoms with E-state index >= 15 is 0 Å². The molecule has 0 aliphatic carbocycles. The zero-order valence-electron chi connectivity index (χ0n) is 12.2. The van der Waals surface area contributed by atoms with Gasteiger partial charge in [0.25, 0.3) is 0 Å². The Labute approximate surface area is 125 Å². The number of rotatable bonds is 5. The lowest BCUT2D eigenvalue weighted by atomic mass is 10.1. The normalized spacial score (nSPS) is 23.1. The smallest absolute Gasteiger partial charge is 0.0513 e. The fourth-order valence-electron chi connectivity index (χ4n) is 2.94. The minimum atomic E-state index is 0.648. The quantitative estimate of drug-likeness (QED) is 0.817. The van der Waals surface area contributed by atoms with Crippen LogP contribution in [-0.4, -0.2) is 19.1 Å². The van der Waals surface area contributed by atoms with Gasteiger partial charge in [0.05, 0.1) is 5.69 Å². The van der Waals surface area contributed by atoms with Crippen molar-refractivity contribution < 1.29 is 0 Å². The topological polar surface area (TPSA) is 15.3 Å². The molecule has 0 aromatic heterocycles. The van der Waals surface area contributed by atoms with Crippen molar-refractivity contribution >= 4 is 21.6 Å². The maximum Gasteiger partial charge on any atom is 0.0513 e. The second-order valence-electron chi connectivity index (χ2n) is 5.80. The van der Waals surface area contributed by atoms with Crippen LogP contribution in [0, 0.1) is 5.92 Å². The van der Waals surface area contributed by atoms with Gasteiger partial charge in [-0.25, -0.2) is 0 Å². The number of hydrogen-bond acceptors (Lipinski definition) is 2. The van der Waals surface area contributed by atoms with Crippen LogP contribution in [0.3, 0.4) is 0 Å². The molecule has 0 spiro atoms. The average Bonchev–Trinajstić information content (AvgIpc) is 2.69. The third-order valence-electron chi connectivity index (χ3n) is 3.86. The van der Waals surface area contributed by atoms with Crippen LogP contribution in [0.4, 0.5) is 5.69 Å². The highest BCUT2D eigenvalue weighted by molar-refractivity contribution is 9.10. The van der Waals surface area contributed by atoms with Crippen molar-refractivity contribution in [1.29, 1.82) is 0 Å². The number of nitrogens with one attached hydrogen (secondary N) is 1. The molecule has 0 amide bonds. The third kappa shape index (κ3) is 3.73. The van der Waals surface area contributed by atoms with E-state index in [0.29, 0.717) is 6.04 Å². The van der Waals surface area contributed by atoms with Gasteiger partial charge in [0.15, 0.2) is 0 Å². The van der Waals surface area contributed by atoms with Gasteiger partial charge < -0.3 is 10.2 Å². The molecule has 0 saturated carbocycles. The fraction of sp³-hybridized carbons (Fsp3) is 0.625. The summed E-state index contributed by atoms with van der Waals surface area (Å²) in [6, 6.07) is 7.42. The Bertz CT molecular complexity index is 419. The van der Waals surface area contributed by atoms with E-state index in [0.717, 1.165) is 19.0 Å². The molecule has 1 aliphatic heterocycles. The summed E-state index contributed by atoms with van der Waals surface area (Å²) in [4.78, 5) is 2.53. The van der Waals surface area contributed by atoms with Crippen molar-refractivity contribution in [2.75, 3.05) is 18.0 Å². The van der Waals surface area contributed by atoms with Crippen molar-refractivity contribution in [2.45, 2.75) is 46.2 Å². The predicted molar refractivity (Wildman–Crippen MR) is 86.7 cm³/mol. The highest BCUT2D eigenvalue weighted by Gasteiger charge is 2.27. The second-order valence-corrected chi connectivity index (χ2v) is 6.66. The average molecular weight is 325 g/mol. The fourth-order valence-corrected chi connectivity index (χ4v) is 3.59. The summed E-state index contributed by atoms with van der Waals surface area (Å²) < 4.78 is 1.23. The Balaban J connectivity index is 2.06. The third-order valence-corrected chi connectivity index (χ3v) is 4.50. The van der Waals surface area contributed by atoms with Crippen LogP contribution in [-0.2, 0) is 6.54 Å². The molecule has 0 radical (unpaired) electrons. The SMILES string of the molecule is CCCNCc1ccc(N2CC(C)CC2C)c(Br)c1. The van der Waals surface area contributed by atoms with E-state index in [2.05, 4.69) is 65.1 Å². The van der Waals surface area contributed by atoms with E-state index in [1.807, 2.05) is 0 Å². The monoisotopic (exact) mass is 324 g/mol. The second kappa shape index (κ2) is 6.76. The molecule has 1 N–H and O–H groups in total. The Kier molecular flexibility index (Phi) is 5.28. The summed E-state index contributed by atoms with van der Waals surface area (Å²) in [5.41, 5.74) is 2.69. The van der Waals surface area contributed by atoms with Gasteiger partial charge in [-0.2, -0.15) is 0 Å². The predicted octanol–water partition coefficient (Wildman–Crippen LogP) is 4.18. The van der Waals surface area contributed by atoms with Gasteiger partial charge in [-0.1, -0.05) is 19.9 Å². The Hall–Kier alpha value is -0.540. The number of benzene rings is 1. The first-order valence-electron chi connectivity index (χ1n) is 7.37. The van der Waals surface area contributed by atoms with Crippen molar-refractivity contribution in [1.82, 2.24) is 5.32 Å². The maximum atomic E-state index is 3.74. The van der Waals surface area contributed by atoms with Gasteiger partial charge in [-0.15, -0.1) is 0 Å². The molecule has 1 heterocycles. The van der Waals surface area contributed by atoms with Crippen LogP contribution in [0.1, 0.15) is 39.2 Å². The maximum absolute atomic E-state index is 3.74. The van der Waals surface area contributed by atoms with Crippen molar-refractivity contribution in [3.05, 3.63) is 28.2 Å². The molecule has 1 saturated heterocycles. The van der Waals surface area contributed by atoms with Crippen molar-refractivity contribution in [2.24, 2.45) is 5.92 Å². The van der Waals surface area contributed by atoms with Crippen LogP contribution < -0.4 is 10.2 Å². The Morgan fingerprint density at radius 3 is 2.74 bits per heavy atom. The van der Waals surface area contributed by atoms with Crippen LogP contribution in [0.2, 0.25) is 0 Å². The summed E-state index contributed by atoms with van der Waals surface area (Å²) in [5.74, 6) is 0.799. The molecule has 1 aromatic rings. The highest BCUT2D eigenvalue weighted by Crippen LogP contribution is 2.34. The number of nitrogens with zero attached hydrogens (tertiary/aromatic N) is 1. The molecule has 19 heavy (non-hydrogen) atoms. The molecule has 2 unspecified atom stereocenters. The van der Waals surface area contributed by atoms with E-state index in [1.54, 1.807) is 0 Å². The van der Waals surface area contributed by atoms with Crippen molar-refractivity contribution in [3.63, 3.8) is 0 Å². The minimum absolute atomic E-state index is 0.648. The summed E-state index contributed by atoms with van der Waals surface area (Å²) in [7, 11) is 0. The van der Waals surface area contributed by atoms with Gasteiger partial charge >= 0.3 is 0 Å². The molecule has 2 atom stereocenters. The number of halogens is 1. The van der Waals surface area contributed by atoms with E-state index < -0.39 is 0 Å². The Morgan fingerprint density at radius 1 is 1.37 bits per heavy atom. The lowest BCUT2D eigenvalue weighted by Gasteiger charge is -2.25. The van der Waals surface area contributed by atoms with Crippen molar-refractivity contribution in [3.8, 4) is 0 Å². The molecule has 2 rings (SSSR count). The van der Waals surface area contributed by atoms with Gasteiger partial charge in [0.1, 0.15) is 0 Å². The molecule has 3 heteroatoms. The van der Waals surface area contributed by atoms with Crippen LogP contribution in [0.5, 0.6) is 0 Å². The summed E-state index contributed by atoms with van der Waals surface area (Å²) >= 11 is 3.74. The summed E-state index contributed by atoms with van der Waals surface area (Å²) in [6.07, 6.45) is 2.48. The number of anilines is 1. The molecule has 0 bridgehead atoms. The first-order valence-corrected chi connectivity index (χ1v) is 8.17. The van der Waals surface area contributed by atoms with E-state index in [4.69, 9.17) is 0 Å². The van der Waals surface area contributed by atoms with Gasteiger partial charge in [0, 0.05) is 23.6 Å². The lowest BCUT2D eigenvalue weighted by Crippen LogP contribution is -2.27. The minimum Gasteiger partial charge on any atom is -0.368 e. The van der Waals surface area contributed by atoms with Crippen LogP contribution >= 0.6 is 15.9 Å². The highest BCUT2D eigenvalue weighted by atomic mass is 79.9. The lowest BCUT2D eigenvalue weighted by molar-refractivity contribution is 0.625. The molecular weight excluding hydrogens is 300 g/mol. The summed E-state index contributed by atoms with van der Waals surface area (Å²) in [6.45, 7) is 10.1. The molecule has 1 aromatic carbocycles. The van der Waals surface area contributed by atoms with Gasteiger partial charge in [0.2, 0.25) is 0 Å². The Morgan fingerprint density at radius 2 is 2.16 bits per heavy atom. The first kappa shape index (κ1) is 14.9. The molecule has 2 nitrogen and oxygen atoms in total. The largest absolute Gasteiger partial charge is 0.368 e. The van der Waals surface area contributed by atoms with Gasteiger partial charge in [-0.05, 0) is 65.9 Å². The summed E-state index contributed by atoms with van der Waals surface area (Å²) in [5, 5.41) is 3.45. The van der Waals surface area contributed by atoms with E-state index in [9.17, 15) is 0 Å². The number of hydrogen-bond donors (Lipinski definition) is 1. The van der Waals surface area contributed by atoms with E-state index in [1.165, 1.54) is 35.1 Å². The van der Waals surface area contributed by atoms with E-state index in [-0.39, 0.29) is 0 Å². The first-order chi connectivity index (χ1) is 9.11. The standard InChI is InChI=1S/C16H25BrN2/c1-4-7-18-10-14-5-6-16(15(17)9-14)19-11-12(2)8-13(19)3/h5-6,9,12-13,18H,4,7-8,10-11H2,1-3H3.